The average Bonchev–Trinajstić information content (AvgIpc) is 3.29. The molecular formula is C56H58N4. The van der Waals surface area contributed by atoms with Gasteiger partial charge in [-0.25, -0.2) is 9.97 Å². The van der Waals surface area contributed by atoms with Gasteiger partial charge >= 0.3 is 0 Å². The first kappa shape index (κ1) is 38.7. The normalized spacial score (nSPS) is 28.4. The van der Waals surface area contributed by atoms with E-state index in [1.807, 2.05) is 18.5 Å². The Labute approximate surface area is 357 Å². The van der Waals surface area contributed by atoms with E-state index < -0.39 is 0 Å². The van der Waals surface area contributed by atoms with Gasteiger partial charge in [-0.3, -0.25) is 9.98 Å². The van der Waals surface area contributed by atoms with Crippen LogP contribution in [0.5, 0.6) is 0 Å². The minimum Gasteiger partial charge on any atom is -0.261 e. The maximum absolute atomic E-state index is 5.61. The topological polar surface area (TPSA) is 51.0 Å². The van der Waals surface area contributed by atoms with E-state index in [-0.39, 0.29) is 11.3 Å². The van der Waals surface area contributed by atoms with E-state index in [0.29, 0.717) is 29.6 Å². The molecule has 6 unspecified atom stereocenters. The molecule has 5 aliphatic carbocycles. The fourth-order valence-electron chi connectivity index (χ4n) is 11.3. The van der Waals surface area contributed by atoms with Gasteiger partial charge in [0.25, 0.3) is 0 Å². The molecule has 10 rings (SSSR count). The van der Waals surface area contributed by atoms with Crippen molar-refractivity contribution in [1.82, 2.24) is 15.0 Å². The van der Waals surface area contributed by atoms with Crippen molar-refractivity contribution >= 4 is 22.9 Å². The van der Waals surface area contributed by atoms with Crippen LogP contribution in [-0.4, -0.2) is 20.7 Å². The van der Waals surface area contributed by atoms with Gasteiger partial charge in [-0.1, -0.05) is 144 Å². The minimum absolute atomic E-state index is 0.0484. The molecule has 0 spiro atoms. The average molecular weight is 787 g/mol. The summed E-state index contributed by atoms with van der Waals surface area (Å²) in [7, 11) is 0. The molecule has 4 aromatic rings. The van der Waals surface area contributed by atoms with Gasteiger partial charge in [-0.2, -0.15) is 0 Å². The predicted octanol–water partition coefficient (Wildman–Crippen LogP) is 14.2. The molecule has 6 aliphatic rings. The molecule has 60 heavy (non-hydrogen) atoms. The largest absolute Gasteiger partial charge is 0.261 e. The Kier molecular flexibility index (Phi) is 10.4. The number of aromatic nitrogens is 3. The molecule has 3 heterocycles. The van der Waals surface area contributed by atoms with Crippen LogP contribution in [0.1, 0.15) is 143 Å². The quantitative estimate of drug-likeness (QED) is 0.187. The molecule has 4 nitrogen and oxygen atoms in total. The van der Waals surface area contributed by atoms with E-state index in [0.717, 1.165) is 66.3 Å². The van der Waals surface area contributed by atoms with E-state index in [2.05, 4.69) is 148 Å². The van der Waals surface area contributed by atoms with Crippen LogP contribution in [0.4, 0.5) is 0 Å². The second-order valence-electron chi connectivity index (χ2n) is 18.8. The summed E-state index contributed by atoms with van der Waals surface area (Å²) in [5.74, 6) is 3.08. The Morgan fingerprint density at radius 1 is 0.717 bits per heavy atom. The van der Waals surface area contributed by atoms with Gasteiger partial charge in [-0.05, 0) is 137 Å². The highest BCUT2D eigenvalue weighted by Gasteiger charge is 2.42. The molecule has 0 N–H and O–H groups in total. The van der Waals surface area contributed by atoms with Gasteiger partial charge in [0.05, 0.1) is 22.8 Å². The molecule has 2 aromatic heterocycles. The number of aliphatic imine (C=N–C) groups is 1. The first-order valence-electron chi connectivity index (χ1n) is 22.8. The van der Waals surface area contributed by atoms with Gasteiger partial charge < -0.3 is 0 Å². The first-order valence-corrected chi connectivity index (χ1v) is 22.8. The number of rotatable bonds is 7. The van der Waals surface area contributed by atoms with Crippen LogP contribution in [0.15, 0.2) is 144 Å². The maximum atomic E-state index is 5.61. The van der Waals surface area contributed by atoms with Crippen molar-refractivity contribution < 1.29 is 0 Å². The predicted molar refractivity (Wildman–Crippen MR) is 249 cm³/mol. The summed E-state index contributed by atoms with van der Waals surface area (Å²) in [6.07, 6.45) is 35.5. The number of hydrogen-bond donors (Lipinski definition) is 0. The Morgan fingerprint density at radius 2 is 1.50 bits per heavy atom. The summed E-state index contributed by atoms with van der Waals surface area (Å²) in [6.45, 7) is 9.64. The molecule has 0 saturated heterocycles. The highest BCUT2D eigenvalue weighted by Crippen LogP contribution is 2.54. The number of benzene rings is 2. The van der Waals surface area contributed by atoms with Crippen molar-refractivity contribution in [2.45, 2.75) is 103 Å². The molecule has 1 aliphatic heterocycles. The third-order valence-corrected chi connectivity index (χ3v) is 14.9. The highest BCUT2D eigenvalue weighted by molar-refractivity contribution is 6.03. The van der Waals surface area contributed by atoms with Crippen molar-refractivity contribution in [1.29, 1.82) is 0 Å². The van der Waals surface area contributed by atoms with Crippen LogP contribution in [0.25, 0.3) is 28.5 Å². The number of pyridine rings is 1. The van der Waals surface area contributed by atoms with Crippen molar-refractivity contribution in [2.24, 2.45) is 28.2 Å². The summed E-state index contributed by atoms with van der Waals surface area (Å²) >= 11 is 0. The molecule has 7 atom stereocenters. The van der Waals surface area contributed by atoms with Crippen LogP contribution >= 0.6 is 0 Å². The Morgan fingerprint density at radius 3 is 2.30 bits per heavy atom. The van der Waals surface area contributed by atoms with Crippen LogP contribution in [-0.2, 0) is 0 Å². The lowest BCUT2D eigenvalue weighted by Gasteiger charge is -2.45. The Bertz CT molecular complexity index is 2540. The van der Waals surface area contributed by atoms with Crippen molar-refractivity contribution in [3.8, 4) is 11.3 Å². The van der Waals surface area contributed by atoms with Gasteiger partial charge in [0.1, 0.15) is 5.82 Å². The third-order valence-electron chi connectivity index (χ3n) is 14.9. The van der Waals surface area contributed by atoms with E-state index in [4.69, 9.17) is 15.0 Å². The van der Waals surface area contributed by atoms with E-state index in [1.54, 1.807) is 5.57 Å². The number of hydrogen-bond acceptors (Lipinski definition) is 4. The SMILES string of the molecule is CC1CC=CN=C1c1ccc(-c2cc(C3=CC=C(c4ccccn4)CC3)nc(C3C=C(C4=CC=CC5(C)CCCCC45)CC(c4cccc5c4C=CCC5C)[C@@H]3C)n2)cc1. The fourth-order valence-corrected chi connectivity index (χ4v) is 11.3. The monoisotopic (exact) mass is 786 g/mol. The number of nitrogens with zero attached hydrogens (tertiary/aromatic N) is 4. The van der Waals surface area contributed by atoms with Crippen LogP contribution in [0.3, 0.4) is 0 Å². The molecule has 0 radical (unpaired) electrons. The summed E-state index contributed by atoms with van der Waals surface area (Å²) in [5.41, 5.74) is 16.7. The number of fused-ring (bicyclic) bond motifs is 2. The molecule has 302 valence electrons. The minimum atomic E-state index is 0.0484. The highest BCUT2D eigenvalue weighted by atomic mass is 14.9. The summed E-state index contributed by atoms with van der Waals surface area (Å²) < 4.78 is 0. The second kappa shape index (κ2) is 16.2. The van der Waals surface area contributed by atoms with Gasteiger partial charge in [0, 0.05) is 29.8 Å². The molecule has 1 fully saturated rings. The summed E-state index contributed by atoms with van der Waals surface area (Å²) in [6, 6.07) is 24.5. The zero-order valence-corrected chi connectivity index (χ0v) is 35.8. The molecule has 2 aromatic carbocycles. The first-order chi connectivity index (χ1) is 29.3. The molecule has 1 saturated carbocycles. The fraction of sp³-hybridized carbons (Fsp3) is 0.357. The van der Waals surface area contributed by atoms with E-state index in [1.165, 1.54) is 64.7 Å². The van der Waals surface area contributed by atoms with Gasteiger partial charge in [0.2, 0.25) is 0 Å². The summed E-state index contributed by atoms with van der Waals surface area (Å²) in [4.78, 5) is 20.7. The van der Waals surface area contributed by atoms with Crippen molar-refractivity contribution in [3.05, 3.63) is 178 Å². The Hall–Kier alpha value is -5.48. The summed E-state index contributed by atoms with van der Waals surface area (Å²) in [5, 5.41) is 0. The zero-order valence-electron chi connectivity index (χ0n) is 35.8. The van der Waals surface area contributed by atoms with Crippen LogP contribution < -0.4 is 0 Å². The molecule has 0 bridgehead atoms. The smallest absolute Gasteiger partial charge is 0.136 e. The lowest BCUT2D eigenvalue weighted by Crippen LogP contribution is -2.34. The lowest BCUT2D eigenvalue weighted by molar-refractivity contribution is 0.201. The van der Waals surface area contributed by atoms with E-state index >= 15 is 0 Å². The standard InChI is InChI=1S/C56H58N4/c1-36-13-9-16-46-44(36)15-10-17-47(46)48-33-43(45-18-11-30-56(4)29-7-5-19-50(45)56)34-49(38(48)3)55-59-52(40-23-21-39(22-24-40)51-20-6-8-31-57-51)35-53(60-55)41-25-27-42(28-26-41)54-37(2)14-12-32-58-54/h6,8-12,15-18,20-21,23,25-28,30-32,34-38,48-50H,5,7,13-14,19,22,24,29,33H2,1-4H3/t36?,37?,38-,48?,49?,50?,56?/m0/s1. The van der Waals surface area contributed by atoms with Crippen molar-refractivity contribution in [3.63, 3.8) is 0 Å². The molecule has 0 amide bonds. The maximum Gasteiger partial charge on any atom is 0.136 e. The third kappa shape index (κ3) is 7.27. The van der Waals surface area contributed by atoms with Crippen LogP contribution in [0.2, 0.25) is 0 Å². The van der Waals surface area contributed by atoms with Gasteiger partial charge in [0.15, 0.2) is 0 Å². The van der Waals surface area contributed by atoms with Gasteiger partial charge in [-0.15, -0.1) is 0 Å². The van der Waals surface area contributed by atoms with E-state index in [9.17, 15) is 0 Å². The second-order valence-corrected chi connectivity index (χ2v) is 18.8. The Balaban J connectivity index is 1.11. The zero-order chi connectivity index (χ0) is 40.8. The van der Waals surface area contributed by atoms with Crippen molar-refractivity contribution in [2.75, 3.05) is 0 Å². The molecular weight excluding hydrogens is 729 g/mol. The lowest BCUT2D eigenvalue weighted by atomic mass is 9.59. The van der Waals surface area contributed by atoms with Crippen LogP contribution in [0, 0.1) is 23.2 Å². The molecule has 4 heteroatoms. The number of allylic oxidation sites excluding steroid dienone is 12.